The van der Waals surface area contributed by atoms with Crippen molar-refractivity contribution in [1.82, 2.24) is 10.3 Å². The lowest BCUT2D eigenvalue weighted by Crippen LogP contribution is -2.43. The largest absolute Gasteiger partial charge is 0.480 e. The van der Waals surface area contributed by atoms with E-state index in [0.29, 0.717) is 5.56 Å². The number of aliphatic hydroxyl groups excluding tert-OH is 1. The van der Waals surface area contributed by atoms with Gasteiger partial charge in [-0.15, -0.1) is 0 Å². The number of carboxylic acids is 1. The van der Waals surface area contributed by atoms with Crippen LogP contribution in [0.5, 0.6) is 0 Å². The Balaban J connectivity index is 2.75. The molecule has 4 N–H and O–H groups in total. The molecule has 7 nitrogen and oxygen atoms in total. The maximum Gasteiger partial charge on any atom is 0.328 e. The number of H-pyrrole nitrogens is 1. The maximum atomic E-state index is 11.5. The minimum atomic E-state index is -1.37. The number of aromatic nitrogens is 1. The second-order valence-electron chi connectivity index (χ2n) is 3.41. The zero-order valence-corrected chi connectivity index (χ0v) is 9.06. The molecule has 17 heavy (non-hydrogen) atoms. The summed E-state index contributed by atoms with van der Waals surface area (Å²) in [4.78, 5) is 35.6. The van der Waals surface area contributed by atoms with Gasteiger partial charge in [-0.3, -0.25) is 9.59 Å². The summed E-state index contributed by atoms with van der Waals surface area (Å²) < 4.78 is 0. The normalized spacial score (nSPS) is 11.9. The van der Waals surface area contributed by atoms with Crippen molar-refractivity contribution < 1.29 is 24.6 Å². The average molecular weight is 240 g/mol. The number of Topliss-reactive ketones (excluding diaryl/α,β-unsaturated/α-hetero) is 1. The van der Waals surface area contributed by atoms with Crippen LogP contribution in [-0.4, -0.2) is 45.5 Å². The van der Waals surface area contributed by atoms with Crippen LogP contribution >= 0.6 is 0 Å². The number of hydrogen-bond donors (Lipinski definition) is 4. The first-order chi connectivity index (χ1) is 7.95. The summed E-state index contributed by atoms with van der Waals surface area (Å²) in [6.07, 6.45) is 1.35. The number of aliphatic hydroxyl groups is 1. The highest BCUT2D eigenvalue weighted by molar-refractivity contribution is 6.00. The van der Waals surface area contributed by atoms with E-state index in [2.05, 4.69) is 10.3 Å². The topological polar surface area (TPSA) is 119 Å². The van der Waals surface area contributed by atoms with Crippen molar-refractivity contribution >= 4 is 17.7 Å². The van der Waals surface area contributed by atoms with E-state index in [-0.39, 0.29) is 11.5 Å². The predicted octanol–water partition coefficient (Wildman–Crippen LogP) is -0.607. The molecule has 1 aromatic heterocycles. The molecule has 1 heterocycles. The van der Waals surface area contributed by atoms with E-state index in [0.717, 1.165) is 0 Å². The van der Waals surface area contributed by atoms with Crippen molar-refractivity contribution in [3.8, 4) is 0 Å². The molecule has 0 saturated carbocycles. The predicted molar refractivity (Wildman–Crippen MR) is 56.8 cm³/mol. The lowest BCUT2D eigenvalue weighted by Gasteiger charge is -2.10. The Morgan fingerprint density at radius 3 is 2.53 bits per heavy atom. The molecule has 0 aromatic carbocycles. The zero-order valence-electron chi connectivity index (χ0n) is 9.06. The second kappa shape index (κ2) is 5.26. The zero-order chi connectivity index (χ0) is 13.0. The van der Waals surface area contributed by atoms with Crippen molar-refractivity contribution in [3.05, 3.63) is 23.5 Å². The summed E-state index contributed by atoms with van der Waals surface area (Å²) in [5, 5.41) is 19.5. The highest BCUT2D eigenvalue weighted by Crippen LogP contribution is 2.04. The van der Waals surface area contributed by atoms with E-state index in [1.165, 1.54) is 19.2 Å². The number of aliphatic carboxylic acids is 1. The SMILES string of the molecule is CC(=O)c1c[nH]c(C(=O)N[C@@H](CO)C(=O)O)c1. The van der Waals surface area contributed by atoms with Gasteiger partial charge in [0.1, 0.15) is 5.69 Å². The van der Waals surface area contributed by atoms with Gasteiger partial charge in [0, 0.05) is 11.8 Å². The first kappa shape index (κ1) is 12.9. The molecule has 0 radical (unpaired) electrons. The van der Waals surface area contributed by atoms with Crippen molar-refractivity contribution in [2.24, 2.45) is 0 Å². The van der Waals surface area contributed by atoms with Crippen molar-refractivity contribution in [2.45, 2.75) is 13.0 Å². The van der Waals surface area contributed by atoms with Gasteiger partial charge in [0.25, 0.3) is 5.91 Å². The third-order valence-electron chi connectivity index (χ3n) is 2.12. The van der Waals surface area contributed by atoms with Crippen LogP contribution in [-0.2, 0) is 4.79 Å². The number of amides is 1. The summed E-state index contributed by atoms with van der Waals surface area (Å²) in [5.74, 6) is -2.24. The molecule has 0 bridgehead atoms. The van der Waals surface area contributed by atoms with E-state index in [9.17, 15) is 14.4 Å². The number of aromatic amines is 1. The molecule has 0 saturated heterocycles. The highest BCUT2D eigenvalue weighted by atomic mass is 16.4. The molecule has 0 unspecified atom stereocenters. The number of carbonyl (C=O) groups excluding carboxylic acids is 2. The molecule has 92 valence electrons. The minimum absolute atomic E-state index is 0.0647. The first-order valence-corrected chi connectivity index (χ1v) is 4.79. The molecule has 1 amide bonds. The van der Waals surface area contributed by atoms with E-state index in [1.807, 2.05) is 0 Å². The number of carbonyl (C=O) groups is 3. The first-order valence-electron chi connectivity index (χ1n) is 4.79. The van der Waals surface area contributed by atoms with Gasteiger partial charge < -0.3 is 20.5 Å². The van der Waals surface area contributed by atoms with E-state index in [1.54, 1.807) is 0 Å². The van der Waals surface area contributed by atoms with Crippen LogP contribution < -0.4 is 5.32 Å². The highest BCUT2D eigenvalue weighted by Gasteiger charge is 2.20. The number of hydrogen-bond acceptors (Lipinski definition) is 4. The van der Waals surface area contributed by atoms with Gasteiger partial charge in [0.15, 0.2) is 11.8 Å². The monoisotopic (exact) mass is 240 g/mol. The van der Waals surface area contributed by atoms with Gasteiger partial charge in [-0.2, -0.15) is 0 Å². The van der Waals surface area contributed by atoms with Crippen molar-refractivity contribution in [3.63, 3.8) is 0 Å². The second-order valence-corrected chi connectivity index (χ2v) is 3.41. The number of rotatable bonds is 5. The average Bonchev–Trinajstić information content (AvgIpc) is 2.74. The quantitative estimate of drug-likeness (QED) is 0.512. The van der Waals surface area contributed by atoms with Crippen LogP contribution in [0.3, 0.4) is 0 Å². The Kier molecular flexibility index (Phi) is 4.00. The van der Waals surface area contributed by atoms with Gasteiger partial charge in [-0.25, -0.2) is 4.79 Å². The van der Waals surface area contributed by atoms with E-state index < -0.39 is 24.5 Å². The minimum Gasteiger partial charge on any atom is -0.480 e. The Labute approximate surface area is 96.5 Å². The van der Waals surface area contributed by atoms with Crippen LogP contribution in [0.1, 0.15) is 27.8 Å². The van der Waals surface area contributed by atoms with E-state index >= 15 is 0 Å². The summed E-state index contributed by atoms with van der Waals surface area (Å²) in [6.45, 7) is 0.639. The smallest absolute Gasteiger partial charge is 0.328 e. The molecule has 0 fully saturated rings. The summed E-state index contributed by atoms with van der Waals surface area (Å²) >= 11 is 0. The Hall–Kier alpha value is -2.15. The van der Waals surface area contributed by atoms with Crippen LogP contribution in [0.4, 0.5) is 0 Å². The van der Waals surface area contributed by atoms with Gasteiger partial charge in [0.2, 0.25) is 0 Å². The van der Waals surface area contributed by atoms with Crippen LogP contribution in [0, 0.1) is 0 Å². The molecule has 1 rings (SSSR count). The number of ketones is 1. The van der Waals surface area contributed by atoms with Gasteiger partial charge >= 0.3 is 5.97 Å². The van der Waals surface area contributed by atoms with Crippen LogP contribution in [0.25, 0.3) is 0 Å². The number of nitrogens with one attached hydrogen (secondary N) is 2. The standard InChI is InChI=1S/C10H12N2O5/c1-5(14)6-2-7(11-3-6)9(15)12-8(4-13)10(16)17/h2-3,8,11,13H,4H2,1H3,(H,12,15)(H,16,17)/t8-/m0/s1. The molecule has 1 aromatic rings. The Bertz CT molecular complexity index is 451. The van der Waals surface area contributed by atoms with Crippen LogP contribution in [0.2, 0.25) is 0 Å². The number of carboxylic acid groups (broad SMARTS) is 1. The summed E-state index contributed by atoms with van der Waals surface area (Å²) in [6, 6.07) is -0.0555. The Morgan fingerprint density at radius 1 is 1.47 bits per heavy atom. The molecule has 1 atom stereocenters. The fourth-order valence-corrected chi connectivity index (χ4v) is 1.15. The van der Waals surface area contributed by atoms with Gasteiger partial charge in [-0.05, 0) is 13.0 Å². The third kappa shape index (κ3) is 3.15. The van der Waals surface area contributed by atoms with Gasteiger partial charge in [-0.1, -0.05) is 0 Å². The molecule has 0 aliphatic rings. The van der Waals surface area contributed by atoms with Gasteiger partial charge in [0.05, 0.1) is 6.61 Å². The fourth-order valence-electron chi connectivity index (χ4n) is 1.15. The molecule has 7 heteroatoms. The molecule has 0 aliphatic carbocycles. The molecule has 0 aliphatic heterocycles. The molecule has 0 spiro atoms. The molecular weight excluding hydrogens is 228 g/mol. The van der Waals surface area contributed by atoms with E-state index in [4.69, 9.17) is 10.2 Å². The Morgan fingerprint density at radius 2 is 2.12 bits per heavy atom. The fraction of sp³-hybridized carbons (Fsp3) is 0.300. The third-order valence-corrected chi connectivity index (χ3v) is 2.12. The van der Waals surface area contributed by atoms with Crippen molar-refractivity contribution in [1.29, 1.82) is 0 Å². The summed E-state index contributed by atoms with van der Waals surface area (Å²) in [7, 11) is 0. The summed E-state index contributed by atoms with van der Waals surface area (Å²) in [5.41, 5.74) is 0.390. The lowest BCUT2D eigenvalue weighted by atomic mass is 10.2. The van der Waals surface area contributed by atoms with Crippen LogP contribution in [0.15, 0.2) is 12.3 Å². The lowest BCUT2D eigenvalue weighted by molar-refractivity contribution is -0.140. The molecular formula is C10H12N2O5. The maximum absolute atomic E-state index is 11.5. The van der Waals surface area contributed by atoms with Crippen molar-refractivity contribution in [2.75, 3.05) is 6.61 Å².